The molecule has 3 nitrogen and oxygen atoms in total. The molecule has 1 aliphatic rings. The normalized spacial score (nSPS) is 19.0. The van der Waals surface area contributed by atoms with Crippen molar-refractivity contribution in [1.82, 2.24) is 0 Å². The van der Waals surface area contributed by atoms with Crippen LogP contribution in [0.25, 0.3) is 0 Å². The van der Waals surface area contributed by atoms with Crippen LogP contribution in [0.3, 0.4) is 0 Å². The van der Waals surface area contributed by atoms with E-state index in [1.807, 2.05) is 6.92 Å². The van der Waals surface area contributed by atoms with Gasteiger partial charge < -0.3 is 15.7 Å². The van der Waals surface area contributed by atoms with Gasteiger partial charge >= 0.3 is 0 Å². The molecule has 0 radical (unpaired) electrons. The summed E-state index contributed by atoms with van der Waals surface area (Å²) in [5.41, 5.74) is 8.29. The monoisotopic (exact) mass is 312 g/mol. The summed E-state index contributed by atoms with van der Waals surface area (Å²) < 4.78 is 1.08. The molecule has 0 aromatic heterocycles. The quantitative estimate of drug-likeness (QED) is 0.902. The molecule has 2 rings (SSSR count). The molecule has 0 saturated carbocycles. The average Bonchev–Trinajstić information content (AvgIpc) is 2.38. The maximum Gasteiger partial charge on any atom is 0.0460 e. The second-order valence-electron chi connectivity index (χ2n) is 5.11. The number of anilines is 1. The molecule has 1 fully saturated rings. The molecular weight excluding hydrogens is 292 g/mol. The minimum absolute atomic E-state index is 0.0496. The van der Waals surface area contributed by atoms with Crippen molar-refractivity contribution in [3.63, 3.8) is 0 Å². The van der Waals surface area contributed by atoms with Gasteiger partial charge in [0.2, 0.25) is 0 Å². The third-order valence-corrected chi connectivity index (χ3v) is 4.40. The van der Waals surface area contributed by atoms with Crippen LogP contribution in [-0.2, 0) is 0 Å². The number of aliphatic hydroxyl groups is 1. The molecule has 0 amide bonds. The Morgan fingerprint density at radius 2 is 2.11 bits per heavy atom. The molecular formula is C14H21BrN2O. The molecule has 1 aromatic carbocycles. The van der Waals surface area contributed by atoms with Gasteiger partial charge in [-0.1, -0.05) is 22.0 Å². The van der Waals surface area contributed by atoms with Crippen LogP contribution in [0.4, 0.5) is 5.69 Å². The summed E-state index contributed by atoms with van der Waals surface area (Å²) in [6, 6.07) is 6.44. The van der Waals surface area contributed by atoms with E-state index in [4.69, 9.17) is 10.8 Å². The van der Waals surface area contributed by atoms with Gasteiger partial charge in [0.1, 0.15) is 0 Å². The number of aliphatic hydroxyl groups excluding tert-OH is 1. The van der Waals surface area contributed by atoms with E-state index >= 15 is 0 Å². The minimum atomic E-state index is 0.0496. The molecule has 0 aliphatic carbocycles. The van der Waals surface area contributed by atoms with Crippen molar-refractivity contribution < 1.29 is 5.11 Å². The standard InChI is InChI=1S/C14H21BrN2O/c1-10(16)13-3-2-12(8-14(13)15)17-6-4-11(9-18)5-7-17/h2-3,8,10-11,18H,4-7,9,16H2,1H3/t10-/m0/s1. The Morgan fingerprint density at radius 1 is 1.44 bits per heavy atom. The van der Waals surface area contributed by atoms with Crippen molar-refractivity contribution in [3.8, 4) is 0 Å². The Morgan fingerprint density at radius 3 is 2.61 bits per heavy atom. The molecule has 1 aromatic rings. The number of hydrogen-bond acceptors (Lipinski definition) is 3. The van der Waals surface area contributed by atoms with Crippen LogP contribution in [0.1, 0.15) is 31.4 Å². The first-order chi connectivity index (χ1) is 8.61. The molecule has 18 heavy (non-hydrogen) atoms. The fourth-order valence-corrected chi connectivity index (χ4v) is 3.18. The fraction of sp³-hybridized carbons (Fsp3) is 0.571. The molecule has 3 N–H and O–H groups in total. The number of benzene rings is 1. The highest BCUT2D eigenvalue weighted by atomic mass is 79.9. The van der Waals surface area contributed by atoms with Crippen molar-refractivity contribution in [1.29, 1.82) is 0 Å². The second kappa shape index (κ2) is 6.04. The molecule has 100 valence electrons. The summed E-state index contributed by atoms with van der Waals surface area (Å²) >= 11 is 3.59. The third kappa shape index (κ3) is 3.05. The van der Waals surface area contributed by atoms with Gasteiger partial charge in [-0.05, 0) is 43.4 Å². The second-order valence-corrected chi connectivity index (χ2v) is 5.96. The first kappa shape index (κ1) is 13.8. The number of nitrogens with zero attached hydrogens (tertiary/aromatic N) is 1. The summed E-state index contributed by atoms with van der Waals surface area (Å²) in [6.45, 7) is 4.36. The van der Waals surface area contributed by atoms with Gasteiger partial charge in [0.15, 0.2) is 0 Å². The van der Waals surface area contributed by atoms with Crippen LogP contribution in [-0.4, -0.2) is 24.8 Å². The SMILES string of the molecule is C[C@H](N)c1ccc(N2CCC(CO)CC2)cc1Br. The predicted octanol–water partition coefficient (Wildman–Crippen LogP) is 2.68. The molecule has 0 unspecified atom stereocenters. The van der Waals surface area contributed by atoms with Crippen LogP contribution in [0.15, 0.2) is 22.7 Å². The van der Waals surface area contributed by atoms with E-state index in [-0.39, 0.29) is 6.04 Å². The maximum absolute atomic E-state index is 9.15. The van der Waals surface area contributed by atoms with Crippen molar-refractivity contribution in [2.45, 2.75) is 25.8 Å². The summed E-state index contributed by atoms with van der Waals surface area (Å²) in [4.78, 5) is 2.38. The Bertz CT molecular complexity index is 401. The van der Waals surface area contributed by atoms with E-state index in [0.29, 0.717) is 12.5 Å². The van der Waals surface area contributed by atoms with Crippen molar-refractivity contribution in [2.75, 3.05) is 24.6 Å². The first-order valence-corrected chi connectivity index (χ1v) is 7.32. The van der Waals surface area contributed by atoms with E-state index in [1.165, 1.54) is 5.69 Å². The maximum atomic E-state index is 9.15. The zero-order valence-electron chi connectivity index (χ0n) is 10.8. The lowest BCUT2D eigenvalue weighted by Crippen LogP contribution is -2.34. The van der Waals surface area contributed by atoms with E-state index in [1.54, 1.807) is 0 Å². The number of nitrogens with two attached hydrogens (primary N) is 1. The highest BCUT2D eigenvalue weighted by molar-refractivity contribution is 9.10. The van der Waals surface area contributed by atoms with E-state index < -0.39 is 0 Å². The fourth-order valence-electron chi connectivity index (χ4n) is 2.46. The topological polar surface area (TPSA) is 49.5 Å². The first-order valence-electron chi connectivity index (χ1n) is 6.52. The van der Waals surface area contributed by atoms with Crippen molar-refractivity contribution in [3.05, 3.63) is 28.2 Å². The molecule has 1 atom stereocenters. The molecule has 1 aliphatic heterocycles. The summed E-state index contributed by atoms with van der Waals surface area (Å²) in [5, 5.41) is 9.15. The molecule has 1 heterocycles. The lowest BCUT2D eigenvalue weighted by molar-refractivity contribution is 0.203. The van der Waals surface area contributed by atoms with E-state index in [9.17, 15) is 0 Å². The zero-order valence-corrected chi connectivity index (χ0v) is 12.4. The summed E-state index contributed by atoms with van der Waals surface area (Å²) in [7, 11) is 0. The highest BCUT2D eigenvalue weighted by Crippen LogP contribution is 2.29. The largest absolute Gasteiger partial charge is 0.396 e. The Labute approximate surface area is 117 Å². The van der Waals surface area contributed by atoms with Crippen LogP contribution >= 0.6 is 15.9 Å². The highest BCUT2D eigenvalue weighted by Gasteiger charge is 2.19. The van der Waals surface area contributed by atoms with Gasteiger partial charge in [-0.2, -0.15) is 0 Å². The average molecular weight is 313 g/mol. The van der Waals surface area contributed by atoms with Crippen molar-refractivity contribution in [2.24, 2.45) is 11.7 Å². The van der Waals surface area contributed by atoms with E-state index in [0.717, 1.165) is 36.0 Å². The van der Waals surface area contributed by atoms with Crippen molar-refractivity contribution >= 4 is 21.6 Å². The lowest BCUT2D eigenvalue weighted by Gasteiger charge is -2.33. The Kier molecular flexibility index (Phi) is 4.65. The lowest BCUT2D eigenvalue weighted by atomic mass is 9.97. The molecule has 4 heteroatoms. The summed E-state index contributed by atoms with van der Waals surface area (Å²) in [5.74, 6) is 0.480. The Balaban J connectivity index is 2.08. The number of hydrogen-bond donors (Lipinski definition) is 2. The number of halogens is 1. The summed E-state index contributed by atoms with van der Waals surface area (Å²) in [6.07, 6.45) is 2.15. The third-order valence-electron chi connectivity index (χ3n) is 3.71. The van der Waals surface area contributed by atoms with Gasteiger partial charge in [-0.15, -0.1) is 0 Å². The predicted molar refractivity (Wildman–Crippen MR) is 78.8 cm³/mol. The van der Waals surface area contributed by atoms with Gasteiger partial charge in [0, 0.05) is 35.9 Å². The van der Waals surface area contributed by atoms with Gasteiger partial charge in [0.25, 0.3) is 0 Å². The smallest absolute Gasteiger partial charge is 0.0460 e. The molecule has 0 spiro atoms. The minimum Gasteiger partial charge on any atom is -0.396 e. The van der Waals surface area contributed by atoms with Crippen LogP contribution < -0.4 is 10.6 Å². The van der Waals surface area contributed by atoms with E-state index in [2.05, 4.69) is 39.0 Å². The zero-order chi connectivity index (χ0) is 13.1. The van der Waals surface area contributed by atoms with Gasteiger partial charge in [-0.25, -0.2) is 0 Å². The van der Waals surface area contributed by atoms with Crippen LogP contribution in [0, 0.1) is 5.92 Å². The Hall–Kier alpha value is -0.580. The van der Waals surface area contributed by atoms with Crippen LogP contribution in [0.5, 0.6) is 0 Å². The van der Waals surface area contributed by atoms with Gasteiger partial charge in [0.05, 0.1) is 0 Å². The van der Waals surface area contributed by atoms with Crippen LogP contribution in [0.2, 0.25) is 0 Å². The number of rotatable bonds is 3. The molecule has 0 bridgehead atoms. The number of piperidine rings is 1. The van der Waals surface area contributed by atoms with Gasteiger partial charge in [-0.3, -0.25) is 0 Å². The molecule has 1 saturated heterocycles.